The number of rotatable bonds is 6. The molecule has 2 aliphatic rings. The molecule has 37 heavy (non-hydrogen) atoms. The zero-order chi connectivity index (χ0) is 26.2. The fourth-order valence-electron chi connectivity index (χ4n) is 4.64. The zero-order valence-corrected chi connectivity index (χ0v) is 21.6. The highest BCUT2D eigenvalue weighted by Crippen LogP contribution is 2.61. The summed E-state index contributed by atoms with van der Waals surface area (Å²) < 4.78 is 19.2. The molecule has 3 aromatic rings. The first-order valence-corrected chi connectivity index (χ1v) is 12.3. The Morgan fingerprint density at radius 2 is 2.16 bits per heavy atom. The van der Waals surface area contributed by atoms with Crippen molar-refractivity contribution in [3.05, 3.63) is 65.2 Å². The van der Waals surface area contributed by atoms with Gasteiger partial charge in [-0.3, -0.25) is 4.79 Å². The summed E-state index contributed by atoms with van der Waals surface area (Å²) in [7, 11) is 3.86. The first kappa shape index (κ1) is 25.2. The maximum absolute atomic E-state index is 13.6. The molecule has 1 amide bonds. The highest BCUT2D eigenvalue weighted by Gasteiger charge is 2.64. The minimum absolute atomic E-state index is 0.00215. The van der Waals surface area contributed by atoms with E-state index in [1.165, 1.54) is 24.5 Å². The Morgan fingerprint density at radius 1 is 1.32 bits per heavy atom. The van der Waals surface area contributed by atoms with E-state index in [0.717, 1.165) is 13.2 Å². The number of benzene rings is 2. The molecule has 9 heteroatoms. The normalized spacial score (nSPS) is 22.1. The molecular weight excluding hydrogens is 493 g/mol. The SMILES string of the molecule is CN(C)C/C=C/C(=O)Nc1cc2c(Nc3ccc(F)c(Cl)c3)ncnc2cc1C#C[C@H]1[C@@H]2COCC12C. The predicted molar refractivity (Wildman–Crippen MR) is 143 cm³/mol. The minimum atomic E-state index is -0.504. The van der Waals surface area contributed by atoms with Gasteiger partial charge >= 0.3 is 0 Å². The van der Waals surface area contributed by atoms with Crippen LogP contribution in [0.15, 0.2) is 48.8 Å². The molecule has 2 heterocycles. The molecule has 190 valence electrons. The second kappa shape index (κ2) is 10.1. The Labute approximate surface area is 220 Å². The number of nitrogens with one attached hydrogen (secondary N) is 2. The summed E-state index contributed by atoms with van der Waals surface area (Å²) in [6.07, 6.45) is 4.74. The molecule has 2 N–H and O–H groups in total. The first-order chi connectivity index (χ1) is 17.7. The number of fused-ring (bicyclic) bond motifs is 2. The van der Waals surface area contributed by atoms with Crippen molar-refractivity contribution in [1.82, 2.24) is 14.9 Å². The van der Waals surface area contributed by atoms with Crippen LogP contribution in [0.4, 0.5) is 21.6 Å². The van der Waals surface area contributed by atoms with Crippen LogP contribution in [0, 0.1) is 34.9 Å². The summed E-state index contributed by atoms with van der Waals surface area (Å²) in [5, 5.41) is 6.81. The number of amides is 1. The topological polar surface area (TPSA) is 79.4 Å². The van der Waals surface area contributed by atoms with Gasteiger partial charge in [0.15, 0.2) is 0 Å². The Balaban J connectivity index is 1.50. The molecule has 2 fully saturated rings. The van der Waals surface area contributed by atoms with E-state index in [2.05, 4.69) is 39.4 Å². The van der Waals surface area contributed by atoms with E-state index in [0.29, 0.717) is 46.1 Å². The number of halogens is 2. The van der Waals surface area contributed by atoms with E-state index >= 15 is 0 Å². The van der Waals surface area contributed by atoms with Gasteiger partial charge in [0, 0.05) is 40.9 Å². The van der Waals surface area contributed by atoms with Gasteiger partial charge in [-0.05, 0) is 44.4 Å². The Bertz CT molecular complexity index is 1460. The van der Waals surface area contributed by atoms with E-state index < -0.39 is 5.82 Å². The molecule has 0 bridgehead atoms. The van der Waals surface area contributed by atoms with E-state index in [4.69, 9.17) is 16.3 Å². The predicted octanol–water partition coefficient (Wildman–Crippen LogP) is 4.86. The molecule has 1 aliphatic heterocycles. The van der Waals surface area contributed by atoms with Crippen LogP contribution in [0.3, 0.4) is 0 Å². The smallest absolute Gasteiger partial charge is 0.248 e. The van der Waals surface area contributed by atoms with Crippen LogP contribution in [-0.4, -0.2) is 54.6 Å². The van der Waals surface area contributed by atoms with Gasteiger partial charge < -0.3 is 20.3 Å². The number of carbonyl (C=O) groups excluding carboxylic acids is 1. The molecule has 1 aliphatic carbocycles. The fourth-order valence-corrected chi connectivity index (χ4v) is 4.82. The van der Waals surface area contributed by atoms with Gasteiger partial charge in [0.05, 0.1) is 35.0 Å². The van der Waals surface area contributed by atoms with Crippen molar-refractivity contribution in [2.75, 3.05) is 44.5 Å². The second-order valence-corrected chi connectivity index (χ2v) is 10.3. The van der Waals surface area contributed by atoms with Crippen LogP contribution in [-0.2, 0) is 9.53 Å². The number of aromatic nitrogens is 2. The van der Waals surface area contributed by atoms with Crippen molar-refractivity contribution in [2.45, 2.75) is 6.92 Å². The number of hydrogen-bond donors (Lipinski definition) is 2. The van der Waals surface area contributed by atoms with E-state index in [1.54, 1.807) is 12.1 Å². The van der Waals surface area contributed by atoms with Crippen LogP contribution in [0.1, 0.15) is 12.5 Å². The van der Waals surface area contributed by atoms with Crippen LogP contribution in [0.5, 0.6) is 0 Å². The van der Waals surface area contributed by atoms with E-state index in [9.17, 15) is 9.18 Å². The minimum Gasteiger partial charge on any atom is -0.380 e. The average Bonchev–Trinajstić information content (AvgIpc) is 3.18. The summed E-state index contributed by atoms with van der Waals surface area (Å²) in [5.41, 5.74) is 2.56. The number of likely N-dealkylation sites (N-methyl/N-ethyl adjacent to an activating group) is 1. The number of anilines is 3. The third-order valence-electron chi connectivity index (χ3n) is 6.88. The molecule has 1 saturated heterocycles. The molecular formula is C28H27ClFN5O2. The van der Waals surface area contributed by atoms with Gasteiger partial charge in [-0.25, -0.2) is 14.4 Å². The largest absolute Gasteiger partial charge is 0.380 e. The summed E-state index contributed by atoms with van der Waals surface area (Å²) >= 11 is 5.95. The molecule has 3 atom stereocenters. The molecule has 1 unspecified atom stereocenters. The lowest BCUT2D eigenvalue weighted by molar-refractivity contribution is -0.111. The number of nitrogens with zero attached hydrogens (tertiary/aromatic N) is 3. The summed E-state index contributed by atoms with van der Waals surface area (Å²) in [5.74, 6) is 7.14. The van der Waals surface area contributed by atoms with Crippen LogP contribution < -0.4 is 10.6 Å². The molecule has 5 rings (SSSR count). The van der Waals surface area contributed by atoms with Crippen molar-refractivity contribution in [1.29, 1.82) is 0 Å². The number of ether oxygens (including phenoxy) is 1. The van der Waals surface area contributed by atoms with Crippen LogP contribution >= 0.6 is 11.6 Å². The van der Waals surface area contributed by atoms with Gasteiger partial charge in [-0.15, -0.1) is 0 Å². The molecule has 0 spiro atoms. The third-order valence-corrected chi connectivity index (χ3v) is 7.17. The lowest BCUT2D eigenvalue weighted by Gasteiger charge is -2.12. The average molecular weight is 520 g/mol. The number of carbonyl (C=O) groups is 1. The standard InChI is InChI=1S/C28H27ClFN5O2/c1-28-15-37-14-21(28)20(28)8-6-17-11-25-19(13-24(17)34-26(36)5-4-10-35(2)3)27(32-16-31-25)33-18-7-9-23(30)22(29)12-18/h4-5,7,9,11-13,16,20-21H,10,14-15H2,1-3H3,(H,34,36)(H,31,32,33)/b5-4+/t20-,21-,28?/m0/s1. The second-order valence-electron chi connectivity index (χ2n) is 9.92. The monoisotopic (exact) mass is 519 g/mol. The van der Waals surface area contributed by atoms with Crippen molar-refractivity contribution in [3.63, 3.8) is 0 Å². The first-order valence-electron chi connectivity index (χ1n) is 12.0. The Kier molecular flexibility index (Phi) is 6.86. The highest BCUT2D eigenvalue weighted by molar-refractivity contribution is 6.31. The maximum Gasteiger partial charge on any atom is 0.248 e. The maximum atomic E-state index is 13.6. The Hall–Kier alpha value is -3.51. The molecule has 1 saturated carbocycles. The fraction of sp³-hybridized carbons (Fsp3) is 0.321. The summed E-state index contributed by atoms with van der Waals surface area (Å²) in [6.45, 7) is 4.31. The Morgan fingerprint density at radius 3 is 2.89 bits per heavy atom. The quantitative estimate of drug-likeness (QED) is 0.358. The molecule has 1 aromatic heterocycles. The van der Waals surface area contributed by atoms with Crippen LogP contribution in [0.25, 0.3) is 10.9 Å². The molecule has 2 aromatic carbocycles. The van der Waals surface area contributed by atoms with Crippen molar-refractivity contribution >= 4 is 45.6 Å². The highest BCUT2D eigenvalue weighted by atomic mass is 35.5. The number of hydrogen-bond acceptors (Lipinski definition) is 6. The van der Waals surface area contributed by atoms with E-state index in [-0.39, 0.29) is 22.3 Å². The summed E-state index contributed by atoms with van der Waals surface area (Å²) in [4.78, 5) is 23.5. The third kappa shape index (κ3) is 5.30. The van der Waals surface area contributed by atoms with Crippen LogP contribution in [0.2, 0.25) is 5.02 Å². The molecule has 0 radical (unpaired) electrons. The molecule has 7 nitrogen and oxygen atoms in total. The van der Waals surface area contributed by atoms with Gasteiger partial charge in [0.1, 0.15) is 18.0 Å². The lowest BCUT2D eigenvalue weighted by atomic mass is 10.1. The van der Waals surface area contributed by atoms with Gasteiger partial charge in [0.25, 0.3) is 0 Å². The lowest BCUT2D eigenvalue weighted by Crippen LogP contribution is -2.13. The zero-order valence-electron chi connectivity index (χ0n) is 20.8. The van der Waals surface area contributed by atoms with Crippen molar-refractivity contribution < 1.29 is 13.9 Å². The summed E-state index contributed by atoms with van der Waals surface area (Å²) in [6, 6.07) is 8.00. The van der Waals surface area contributed by atoms with Crippen molar-refractivity contribution in [2.24, 2.45) is 17.3 Å². The van der Waals surface area contributed by atoms with Gasteiger partial charge in [0.2, 0.25) is 5.91 Å². The van der Waals surface area contributed by atoms with Gasteiger partial charge in [-0.1, -0.05) is 36.4 Å². The van der Waals surface area contributed by atoms with Crippen molar-refractivity contribution in [3.8, 4) is 11.8 Å². The van der Waals surface area contributed by atoms with Gasteiger partial charge in [-0.2, -0.15) is 0 Å². The van der Waals surface area contributed by atoms with E-state index in [1.807, 2.05) is 31.1 Å².